The summed E-state index contributed by atoms with van der Waals surface area (Å²) in [6, 6.07) is 4.66. The number of halogens is 2. The van der Waals surface area contributed by atoms with Crippen LogP contribution in [0.25, 0.3) is 0 Å². The lowest BCUT2D eigenvalue weighted by Gasteiger charge is -2.30. The number of carbonyl (C=O) groups excluding carboxylic acids is 1. The fourth-order valence-corrected chi connectivity index (χ4v) is 2.66. The summed E-state index contributed by atoms with van der Waals surface area (Å²) in [5, 5.41) is 12.6. The average Bonchev–Trinajstić information content (AvgIpc) is 2.54. The Hall–Kier alpha value is -1.66. The number of amides is 2. The molecule has 23 heavy (non-hydrogen) atoms. The number of nitrogens with one attached hydrogen (secondary N) is 1. The van der Waals surface area contributed by atoms with E-state index < -0.39 is 11.9 Å². The molecule has 2 amide bonds. The van der Waals surface area contributed by atoms with Crippen LogP contribution in [0, 0.1) is 5.92 Å². The minimum atomic E-state index is -0.856. The normalized spacial score (nSPS) is 17.7. The molecule has 0 saturated carbocycles. The molecule has 1 unspecified atom stereocenters. The number of carboxylic acids is 1. The van der Waals surface area contributed by atoms with Crippen LogP contribution in [0.1, 0.15) is 12.8 Å². The van der Waals surface area contributed by atoms with E-state index in [0.717, 1.165) is 0 Å². The summed E-state index contributed by atoms with van der Waals surface area (Å²) >= 11 is 11.7. The highest BCUT2D eigenvalue weighted by Crippen LogP contribution is 2.26. The third-order valence-corrected chi connectivity index (χ3v) is 4.33. The number of aliphatic carboxylic acids is 1. The topological polar surface area (TPSA) is 78.9 Å². The van der Waals surface area contributed by atoms with Crippen molar-refractivity contribution in [1.82, 2.24) is 10.2 Å². The highest BCUT2D eigenvalue weighted by Gasteiger charge is 2.27. The number of rotatable bonds is 5. The number of likely N-dealkylation sites (tertiary alicyclic amines) is 1. The van der Waals surface area contributed by atoms with Gasteiger partial charge in [-0.15, -0.1) is 0 Å². The average molecular weight is 361 g/mol. The highest BCUT2D eigenvalue weighted by molar-refractivity contribution is 6.42. The summed E-state index contributed by atoms with van der Waals surface area (Å²) < 4.78 is 5.47. The Balaban J connectivity index is 1.72. The van der Waals surface area contributed by atoms with Crippen molar-refractivity contribution in [2.24, 2.45) is 5.92 Å². The highest BCUT2D eigenvalue weighted by atomic mass is 35.5. The molecule has 1 aromatic rings. The molecule has 0 aliphatic carbocycles. The molecule has 1 aromatic carbocycles. The lowest BCUT2D eigenvalue weighted by Crippen LogP contribution is -2.47. The van der Waals surface area contributed by atoms with E-state index >= 15 is 0 Å². The molecule has 0 bridgehead atoms. The van der Waals surface area contributed by atoms with Crippen molar-refractivity contribution in [3.63, 3.8) is 0 Å². The minimum Gasteiger partial charge on any atom is -0.492 e. The van der Waals surface area contributed by atoms with Gasteiger partial charge in [-0.25, -0.2) is 4.79 Å². The molecule has 8 heteroatoms. The first-order valence-corrected chi connectivity index (χ1v) is 8.06. The van der Waals surface area contributed by atoms with E-state index in [-0.39, 0.29) is 19.2 Å². The molecule has 1 saturated heterocycles. The van der Waals surface area contributed by atoms with Gasteiger partial charge >= 0.3 is 12.0 Å². The number of urea groups is 1. The van der Waals surface area contributed by atoms with E-state index in [2.05, 4.69) is 5.32 Å². The van der Waals surface area contributed by atoms with Gasteiger partial charge in [-0.05, 0) is 25.0 Å². The van der Waals surface area contributed by atoms with Gasteiger partial charge in [0.25, 0.3) is 0 Å². The van der Waals surface area contributed by atoms with E-state index in [9.17, 15) is 9.59 Å². The Bertz CT molecular complexity index is 583. The molecule has 1 atom stereocenters. The molecule has 1 heterocycles. The second-order valence-corrected chi connectivity index (χ2v) is 6.09. The fourth-order valence-electron chi connectivity index (χ4n) is 2.37. The second-order valence-electron chi connectivity index (χ2n) is 5.28. The number of benzene rings is 1. The van der Waals surface area contributed by atoms with Gasteiger partial charge in [-0.2, -0.15) is 0 Å². The number of hydrogen-bond donors (Lipinski definition) is 2. The van der Waals surface area contributed by atoms with Crippen LogP contribution in [0.4, 0.5) is 4.79 Å². The van der Waals surface area contributed by atoms with Crippen molar-refractivity contribution in [1.29, 1.82) is 0 Å². The maximum atomic E-state index is 12.0. The van der Waals surface area contributed by atoms with E-state index in [0.29, 0.717) is 41.7 Å². The van der Waals surface area contributed by atoms with E-state index in [1.165, 1.54) is 4.90 Å². The van der Waals surface area contributed by atoms with Crippen LogP contribution in [0.15, 0.2) is 18.2 Å². The minimum absolute atomic E-state index is 0.245. The van der Waals surface area contributed by atoms with Crippen molar-refractivity contribution >= 4 is 35.2 Å². The Morgan fingerprint density at radius 3 is 2.83 bits per heavy atom. The number of piperidine rings is 1. The molecule has 0 spiro atoms. The van der Waals surface area contributed by atoms with Crippen LogP contribution < -0.4 is 10.1 Å². The number of carbonyl (C=O) groups is 2. The van der Waals surface area contributed by atoms with Gasteiger partial charge < -0.3 is 20.1 Å². The van der Waals surface area contributed by atoms with E-state index in [1.54, 1.807) is 18.2 Å². The molecule has 2 N–H and O–H groups in total. The molecular formula is C15H18Cl2N2O4. The standard InChI is InChI=1S/C15H18Cl2N2O4/c16-12-4-3-11(8-13(12)17)23-7-5-18-15(22)19-6-1-2-10(9-19)14(20)21/h3-4,8,10H,1-2,5-7,9H2,(H,18,22)(H,20,21). The largest absolute Gasteiger partial charge is 0.492 e. The van der Waals surface area contributed by atoms with Crippen molar-refractivity contribution in [3.8, 4) is 5.75 Å². The first-order valence-electron chi connectivity index (χ1n) is 7.31. The summed E-state index contributed by atoms with van der Waals surface area (Å²) in [5.74, 6) is -0.773. The first-order chi connectivity index (χ1) is 11.0. The Morgan fingerprint density at radius 1 is 1.35 bits per heavy atom. The van der Waals surface area contributed by atoms with Gasteiger partial charge in [0.1, 0.15) is 12.4 Å². The van der Waals surface area contributed by atoms with Crippen LogP contribution >= 0.6 is 23.2 Å². The van der Waals surface area contributed by atoms with Crippen LogP contribution in [0.3, 0.4) is 0 Å². The Kier molecular flexibility index (Phi) is 6.36. The SMILES string of the molecule is O=C(O)C1CCCN(C(=O)NCCOc2ccc(Cl)c(Cl)c2)C1. The van der Waals surface area contributed by atoms with Gasteiger partial charge in [0, 0.05) is 19.2 Å². The van der Waals surface area contributed by atoms with E-state index in [1.807, 2.05) is 0 Å². The summed E-state index contributed by atoms with van der Waals surface area (Å²) in [6.07, 6.45) is 1.31. The molecular weight excluding hydrogens is 343 g/mol. The molecule has 1 fully saturated rings. The predicted molar refractivity (Wildman–Crippen MR) is 87.3 cm³/mol. The quantitative estimate of drug-likeness (QED) is 0.791. The first kappa shape index (κ1) is 17.7. The summed E-state index contributed by atoms with van der Waals surface area (Å²) in [6.45, 7) is 1.41. The molecule has 126 valence electrons. The van der Waals surface area contributed by atoms with Gasteiger partial charge in [-0.3, -0.25) is 4.79 Å². The van der Waals surface area contributed by atoms with E-state index in [4.69, 9.17) is 33.0 Å². The zero-order chi connectivity index (χ0) is 16.8. The third kappa shape index (κ3) is 5.18. The zero-order valence-corrected chi connectivity index (χ0v) is 13.9. The third-order valence-electron chi connectivity index (χ3n) is 3.60. The van der Waals surface area contributed by atoms with Crippen LogP contribution in [-0.4, -0.2) is 48.2 Å². The van der Waals surface area contributed by atoms with Crippen LogP contribution in [0.5, 0.6) is 5.75 Å². The Labute approximate surface area is 144 Å². The van der Waals surface area contributed by atoms with Crippen molar-refractivity contribution < 1.29 is 19.4 Å². The lowest BCUT2D eigenvalue weighted by atomic mass is 9.99. The fraction of sp³-hybridized carbons (Fsp3) is 0.467. The number of carboxylic acid groups (broad SMARTS) is 1. The smallest absolute Gasteiger partial charge is 0.317 e. The monoisotopic (exact) mass is 360 g/mol. The molecule has 1 aliphatic rings. The van der Waals surface area contributed by atoms with Gasteiger partial charge in [0.05, 0.1) is 22.5 Å². The second kappa shape index (κ2) is 8.26. The maximum Gasteiger partial charge on any atom is 0.317 e. The molecule has 0 radical (unpaired) electrons. The lowest BCUT2D eigenvalue weighted by molar-refractivity contribution is -0.143. The van der Waals surface area contributed by atoms with Gasteiger partial charge in [-0.1, -0.05) is 23.2 Å². The maximum absolute atomic E-state index is 12.0. The summed E-state index contributed by atoms with van der Waals surface area (Å²) in [5.41, 5.74) is 0. The number of nitrogens with zero attached hydrogens (tertiary/aromatic N) is 1. The van der Waals surface area contributed by atoms with Gasteiger partial charge in [0.2, 0.25) is 0 Å². The van der Waals surface area contributed by atoms with Crippen LogP contribution in [0.2, 0.25) is 10.0 Å². The number of ether oxygens (including phenoxy) is 1. The molecule has 6 nitrogen and oxygen atoms in total. The molecule has 1 aliphatic heterocycles. The van der Waals surface area contributed by atoms with Gasteiger partial charge in [0.15, 0.2) is 0 Å². The Morgan fingerprint density at radius 2 is 2.13 bits per heavy atom. The van der Waals surface area contributed by atoms with Crippen LogP contribution in [-0.2, 0) is 4.79 Å². The summed E-state index contributed by atoms with van der Waals surface area (Å²) in [7, 11) is 0. The van der Waals surface area contributed by atoms with Crippen molar-refractivity contribution in [3.05, 3.63) is 28.2 Å². The van der Waals surface area contributed by atoms with Crippen molar-refractivity contribution in [2.45, 2.75) is 12.8 Å². The van der Waals surface area contributed by atoms with Crippen molar-refractivity contribution in [2.75, 3.05) is 26.2 Å². The molecule has 2 rings (SSSR count). The predicted octanol–water partition coefficient (Wildman–Crippen LogP) is 2.88. The number of hydrogen-bond acceptors (Lipinski definition) is 3. The zero-order valence-electron chi connectivity index (χ0n) is 12.4. The molecule has 0 aromatic heterocycles. The summed E-state index contributed by atoms with van der Waals surface area (Å²) in [4.78, 5) is 24.5.